The van der Waals surface area contributed by atoms with E-state index in [0.29, 0.717) is 16.2 Å². The Bertz CT molecular complexity index is 623. The average Bonchev–Trinajstić information content (AvgIpc) is 2.53. The van der Waals surface area contributed by atoms with E-state index < -0.39 is 16.0 Å². The van der Waals surface area contributed by atoms with Gasteiger partial charge in [-0.1, -0.05) is 36.4 Å². The molecule has 0 aliphatic heterocycles. The molecule has 2 unspecified atom stereocenters. The lowest BCUT2D eigenvalue weighted by Gasteiger charge is -2.11. The number of methoxy groups -OCH3 is 1. The van der Waals surface area contributed by atoms with Crippen molar-refractivity contribution in [3.63, 3.8) is 0 Å². The first-order valence-corrected chi connectivity index (χ1v) is 7.48. The van der Waals surface area contributed by atoms with Crippen molar-refractivity contribution in [3.05, 3.63) is 60.2 Å². The summed E-state index contributed by atoms with van der Waals surface area (Å²) in [6.45, 7) is 1.69. The number of carbonyl (C=O) groups is 1. The minimum absolute atomic E-state index is 0.119. The molecule has 0 aliphatic carbocycles. The minimum Gasteiger partial charge on any atom is -0.497 e. The number of ketones is 1. The number of rotatable bonds is 5. The number of hydrogen-bond acceptors (Lipinski definition) is 3. The normalized spacial score (nSPS) is 13.5. The fourth-order valence-electron chi connectivity index (χ4n) is 1.86. The Balaban J connectivity index is 2.22. The lowest BCUT2D eigenvalue weighted by atomic mass is 10.1. The van der Waals surface area contributed by atoms with Crippen LogP contribution in [0.2, 0.25) is 0 Å². The van der Waals surface area contributed by atoms with E-state index >= 15 is 0 Å². The maximum Gasteiger partial charge on any atom is 0.178 e. The van der Waals surface area contributed by atoms with E-state index in [1.54, 1.807) is 62.6 Å². The topological polar surface area (TPSA) is 43.4 Å². The third kappa shape index (κ3) is 3.14. The summed E-state index contributed by atoms with van der Waals surface area (Å²) in [5.41, 5.74) is 0.580. The molecule has 2 atom stereocenters. The van der Waals surface area contributed by atoms with Gasteiger partial charge in [0.05, 0.1) is 23.2 Å². The van der Waals surface area contributed by atoms with Gasteiger partial charge in [0, 0.05) is 10.5 Å². The standard InChI is InChI=1S/C16H16O3S/c1-12(16(17)13-7-4-3-5-8-13)20(18)15-10-6-9-14(11-15)19-2/h3-12H,1-2H3. The second-order valence-corrected chi connectivity index (χ2v) is 6.12. The quantitative estimate of drug-likeness (QED) is 0.794. The van der Waals surface area contributed by atoms with Gasteiger partial charge >= 0.3 is 0 Å². The maximum atomic E-state index is 12.5. The van der Waals surface area contributed by atoms with Crippen molar-refractivity contribution in [2.45, 2.75) is 17.1 Å². The van der Waals surface area contributed by atoms with E-state index in [4.69, 9.17) is 4.74 Å². The Morgan fingerprint density at radius 3 is 2.45 bits per heavy atom. The van der Waals surface area contributed by atoms with Crippen molar-refractivity contribution in [2.75, 3.05) is 7.11 Å². The lowest BCUT2D eigenvalue weighted by molar-refractivity contribution is 0.0992. The summed E-state index contributed by atoms with van der Waals surface area (Å²) < 4.78 is 17.6. The van der Waals surface area contributed by atoms with Crippen molar-refractivity contribution < 1.29 is 13.7 Å². The zero-order chi connectivity index (χ0) is 14.5. The van der Waals surface area contributed by atoms with Crippen LogP contribution in [0.1, 0.15) is 17.3 Å². The summed E-state index contributed by atoms with van der Waals surface area (Å²) in [5, 5.41) is -0.593. The van der Waals surface area contributed by atoms with E-state index in [0.717, 1.165) is 0 Å². The van der Waals surface area contributed by atoms with E-state index in [2.05, 4.69) is 0 Å². The average molecular weight is 288 g/mol. The van der Waals surface area contributed by atoms with E-state index in [1.165, 1.54) is 0 Å². The largest absolute Gasteiger partial charge is 0.497 e. The highest BCUT2D eigenvalue weighted by Crippen LogP contribution is 2.20. The first-order valence-electron chi connectivity index (χ1n) is 6.27. The molecule has 0 N–H and O–H groups in total. The number of benzene rings is 2. The number of Topliss-reactive ketones (excluding diaryl/α,β-unsaturated/α-hetero) is 1. The second-order valence-electron chi connectivity index (χ2n) is 4.35. The molecule has 20 heavy (non-hydrogen) atoms. The summed E-state index contributed by atoms with van der Waals surface area (Å²) >= 11 is 0. The van der Waals surface area contributed by atoms with Crippen LogP contribution >= 0.6 is 0 Å². The first-order chi connectivity index (χ1) is 9.63. The van der Waals surface area contributed by atoms with Crippen LogP contribution in [-0.2, 0) is 10.8 Å². The van der Waals surface area contributed by atoms with Crippen LogP contribution < -0.4 is 4.74 Å². The third-order valence-corrected chi connectivity index (χ3v) is 4.60. The Labute approximate surface area is 121 Å². The molecule has 0 fully saturated rings. The van der Waals surface area contributed by atoms with Crippen molar-refractivity contribution in [2.24, 2.45) is 0 Å². The first kappa shape index (κ1) is 14.5. The van der Waals surface area contributed by atoms with Crippen molar-refractivity contribution in [1.29, 1.82) is 0 Å². The Kier molecular flexibility index (Phi) is 4.69. The Hall–Kier alpha value is -1.94. The summed E-state index contributed by atoms with van der Waals surface area (Å²) in [5.74, 6) is 0.516. The molecule has 0 saturated heterocycles. The van der Waals surface area contributed by atoms with Gasteiger partial charge in [0.2, 0.25) is 0 Å². The van der Waals surface area contributed by atoms with Crippen LogP contribution in [0.25, 0.3) is 0 Å². The summed E-state index contributed by atoms with van der Waals surface area (Å²) in [4.78, 5) is 12.9. The molecule has 0 radical (unpaired) electrons. The molecule has 0 aliphatic rings. The van der Waals surface area contributed by atoms with Crippen molar-refractivity contribution in [1.82, 2.24) is 0 Å². The SMILES string of the molecule is COc1cccc(S(=O)C(C)C(=O)c2ccccc2)c1. The molecule has 0 heterocycles. The molecule has 3 nitrogen and oxygen atoms in total. The molecule has 0 aromatic heterocycles. The van der Waals surface area contributed by atoms with Gasteiger partial charge in [-0.15, -0.1) is 0 Å². The highest BCUT2D eigenvalue weighted by molar-refractivity contribution is 7.86. The minimum atomic E-state index is -1.40. The molecule has 2 rings (SSSR count). The van der Waals surface area contributed by atoms with Gasteiger partial charge in [0.15, 0.2) is 5.78 Å². The van der Waals surface area contributed by atoms with Gasteiger partial charge < -0.3 is 4.74 Å². The molecule has 2 aromatic carbocycles. The molecule has 0 spiro atoms. The highest BCUT2D eigenvalue weighted by atomic mass is 32.2. The van der Waals surface area contributed by atoms with Crippen LogP contribution in [0.3, 0.4) is 0 Å². The monoisotopic (exact) mass is 288 g/mol. The number of hydrogen-bond donors (Lipinski definition) is 0. The zero-order valence-electron chi connectivity index (χ0n) is 11.4. The van der Waals surface area contributed by atoms with Crippen LogP contribution in [0.5, 0.6) is 5.75 Å². The van der Waals surface area contributed by atoms with E-state index in [1.807, 2.05) is 6.07 Å². The number of carbonyl (C=O) groups excluding carboxylic acids is 1. The van der Waals surface area contributed by atoms with Gasteiger partial charge in [-0.25, -0.2) is 0 Å². The van der Waals surface area contributed by atoms with Gasteiger partial charge in [-0.2, -0.15) is 0 Å². The molecule has 0 amide bonds. The predicted molar refractivity (Wildman–Crippen MR) is 79.6 cm³/mol. The van der Waals surface area contributed by atoms with Gasteiger partial charge in [0.1, 0.15) is 5.75 Å². The molecule has 104 valence electrons. The predicted octanol–water partition coefficient (Wildman–Crippen LogP) is 3.07. The van der Waals surface area contributed by atoms with Crippen LogP contribution in [-0.4, -0.2) is 22.4 Å². The lowest BCUT2D eigenvalue weighted by Crippen LogP contribution is -2.22. The Morgan fingerprint density at radius 1 is 1.10 bits per heavy atom. The summed E-state index contributed by atoms with van der Waals surface area (Å²) in [6.07, 6.45) is 0. The van der Waals surface area contributed by atoms with E-state index in [9.17, 15) is 9.00 Å². The molecule has 0 saturated carbocycles. The third-order valence-electron chi connectivity index (χ3n) is 3.02. The molecular formula is C16H16O3S. The molecule has 4 heteroatoms. The highest BCUT2D eigenvalue weighted by Gasteiger charge is 2.22. The second kappa shape index (κ2) is 6.48. The van der Waals surface area contributed by atoms with E-state index in [-0.39, 0.29) is 5.78 Å². The molecular weight excluding hydrogens is 272 g/mol. The van der Waals surface area contributed by atoms with Gasteiger partial charge in [0.25, 0.3) is 0 Å². The number of ether oxygens (including phenoxy) is 1. The fourth-order valence-corrected chi connectivity index (χ4v) is 3.05. The summed E-state index contributed by atoms with van der Waals surface area (Å²) in [6, 6.07) is 15.9. The van der Waals surface area contributed by atoms with Crippen molar-refractivity contribution in [3.8, 4) is 5.75 Å². The molecule has 2 aromatic rings. The fraction of sp³-hybridized carbons (Fsp3) is 0.188. The van der Waals surface area contributed by atoms with Crippen LogP contribution in [0.15, 0.2) is 59.5 Å². The van der Waals surface area contributed by atoms with Crippen LogP contribution in [0.4, 0.5) is 0 Å². The van der Waals surface area contributed by atoms with Gasteiger partial charge in [-0.05, 0) is 25.1 Å². The smallest absolute Gasteiger partial charge is 0.178 e. The Morgan fingerprint density at radius 2 is 1.80 bits per heavy atom. The summed E-state index contributed by atoms with van der Waals surface area (Å²) in [7, 11) is 0.156. The van der Waals surface area contributed by atoms with Crippen molar-refractivity contribution >= 4 is 16.6 Å². The van der Waals surface area contributed by atoms with Gasteiger partial charge in [-0.3, -0.25) is 9.00 Å². The maximum absolute atomic E-state index is 12.5. The molecule has 0 bridgehead atoms. The zero-order valence-corrected chi connectivity index (χ0v) is 12.2. The van der Waals surface area contributed by atoms with Crippen LogP contribution in [0, 0.1) is 0 Å².